The number of halogens is 1. The number of nitrogens with zero attached hydrogens (tertiary/aromatic N) is 1. The van der Waals surface area contributed by atoms with Crippen LogP contribution in [0.4, 0.5) is 0 Å². The monoisotopic (exact) mass is 214 g/mol. The summed E-state index contributed by atoms with van der Waals surface area (Å²) < 4.78 is 4.89. The third-order valence-corrected chi connectivity index (χ3v) is 1.80. The van der Waals surface area contributed by atoms with Crippen LogP contribution in [0.25, 0.3) is 0 Å². The van der Waals surface area contributed by atoms with Crippen LogP contribution >= 0.6 is 11.6 Å². The van der Waals surface area contributed by atoms with Crippen LogP contribution in [0.15, 0.2) is 18.9 Å². The quantitative estimate of drug-likeness (QED) is 0.464. The Kier molecular flexibility index (Phi) is 4.19. The van der Waals surface area contributed by atoms with E-state index in [2.05, 4.69) is 16.5 Å². The van der Waals surface area contributed by atoms with E-state index in [0.717, 1.165) is 5.69 Å². The molecule has 0 aliphatic rings. The highest BCUT2D eigenvalue weighted by atomic mass is 35.5. The van der Waals surface area contributed by atoms with Gasteiger partial charge in [-0.15, -0.1) is 18.2 Å². The number of aromatic nitrogens is 2. The molecule has 0 amide bonds. The molecule has 4 nitrogen and oxygen atoms in total. The summed E-state index contributed by atoms with van der Waals surface area (Å²) in [5.41, 5.74) is 0.721. The largest absolute Gasteiger partial charge is 0.392 e. The molecular weight excluding hydrogens is 204 g/mol. The maximum Gasteiger partial charge on any atom is 0.313 e. The smallest absolute Gasteiger partial charge is 0.313 e. The summed E-state index contributed by atoms with van der Waals surface area (Å²) in [4.78, 5) is 17.7. The number of H-pyrrole nitrogens is 1. The average molecular weight is 215 g/mol. The number of rotatable bonds is 5. The zero-order valence-corrected chi connectivity index (χ0v) is 8.38. The van der Waals surface area contributed by atoms with Gasteiger partial charge >= 0.3 is 12.0 Å². The van der Waals surface area contributed by atoms with E-state index in [4.69, 9.17) is 16.3 Å². The van der Waals surface area contributed by atoms with Crippen molar-refractivity contribution in [2.75, 3.05) is 0 Å². The number of carbonyl (C=O) groups is 1. The van der Waals surface area contributed by atoms with Crippen LogP contribution in [0.5, 0.6) is 6.01 Å². The van der Waals surface area contributed by atoms with E-state index in [9.17, 15) is 4.79 Å². The second-order valence-corrected chi connectivity index (χ2v) is 2.92. The molecule has 0 aliphatic carbocycles. The number of ether oxygens (including phenoxy) is 1. The SMILES string of the molecule is C=CCCC(=O)Oc1ncc(CCl)[nH]1. The predicted molar refractivity (Wildman–Crippen MR) is 53.2 cm³/mol. The zero-order chi connectivity index (χ0) is 10.4. The van der Waals surface area contributed by atoms with Gasteiger partial charge in [-0.25, -0.2) is 4.98 Å². The van der Waals surface area contributed by atoms with Gasteiger partial charge in [0.2, 0.25) is 0 Å². The minimum atomic E-state index is -0.333. The van der Waals surface area contributed by atoms with Crippen molar-refractivity contribution >= 4 is 17.6 Å². The molecule has 0 unspecified atom stereocenters. The van der Waals surface area contributed by atoms with Crippen LogP contribution in [0.2, 0.25) is 0 Å². The molecule has 1 N–H and O–H groups in total. The highest BCUT2D eigenvalue weighted by Gasteiger charge is 2.06. The Morgan fingerprint density at radius 3 is 3.14 bits per heavy atom. The molecule has 14 heavy (non-hydrogen) atoms. The molecule has 76 valence electrons. The molecule has 1 heterocycles. The van der Waals surface area contributed by atoms with Gasteiger partial charge in [0, 0.05) is 6.42 Å². The van der Waals surface area contributed by atoms with Gasteiger partial charge in [-0.2, -0.15) is 0 Å². The van der Waals surface area contributed by atoms with E-state index in [1.807, 2.05) is 0 Å². The number of esters is 1. The number of nitrogens with one attached hydrogen (secondary N) is 1. The van der Waals surface area contributed by atoms with Crippen LogP contribution in [0.3, 0.4) is 0 Å². The fraction of sp³-hybridized carbons (Fsp3) is 0.333. The van der Waals surface area contributed by atoms with Gasteiger partial charge in [-0.05, 0) is 6.42 Å². The van der Waals surface area contributed by atoms with Gasteiger partial charge in [0.15, 0.2) is 0 Å². The summed E-state index contributed by atoms with van der Waals surface area (Å²) in [6.45, 7) is 3.51. The maximum absolute atomic E-state index is 11.1. The van der Waals surface area contributed by atoms with Crippen molar-refractivity contribution in [2.45, 2.75) is 18.7 Å². The van der Waals surface area contributed by atoms with Crippen molar-refractivity contribution < 1.29 is 9.53 Å². The van der Waals surface area contributed by atoms with Gasteiger partial charge < -0.3 is 9.72 Å². The number of imidazole rings is 1. The number of allylic oxidation sites excluding steroid dienone is 1. The van der Waals surface area contributed by atoms with E-state index < -0.39 is 0 Å². The predicted octanol–water partition coefficient (Wildman–Crippen LogP) is 2.02. The molecule has 0 saturated heterocycles. The topological polar surface area (TPSA) is 55.0 Å². The molecule has 1 aromatic rings. The lowest BCUT2D eigenvalue weighted by Crippen LogP contribution is -2.07. The fourth-order valence-electron chi connectivity index (χ4n) is 0.837. The molecule has 0 aromatic carbocycles. The Hall–Kier alpha value is -1.29. The van der Waals surface area contributed by atoms with Gasteiger partial charge in [-0.3, -0.25) is 4.79 Å². The molecule has 0 bridgehead atoms. The minimum Gasteiger partial charge on any atom is -0.392 e. The highest BCUT2D eigenvalue weighted by Crippen LogP contribution is 2.08. The molecule has 0 saturated carbocycles. The number of hydrogen-bond acceptors (Lipinski definition) is 3. The van der Waals surface area contributed by atoms with E-state index in [1.54, 1.807) is 6.08 Å². The molecular formula is C9H11ClN2O2. The molecule has 1 aromatic heterocycles. The lowest BCUT2D eigenvalue weighted by molar-refractivity contribution is -0.134. The first-order valence-electron chi connectivity index (χ1n) is 4.17. The fourth-order valence-corrected chi connectivity index (χ4v) is 0.973. The molecule has 0 radical (unpaired) electrons. The summed E-state index contributed by atoms with van der Waals surface area (Å²) in [5, 5.41) is 0. The first-order chi connectivity index (χ1) is 6.76. The number of alkyl halides is 1. The van der Waals surface area contributed by atoms with Crippen LogP contribution in [-0.4, -0.2) is 15.9 Å². The van der Waals surface area contributed by atoms with Crippen LogP contribution in [-0.2, 0) is 10.7 Å². The molecule has 5 heteroatoms. The highest BCUT2D eigenvalue weighted by molar-refractivity contribution is 6.16. The molecule has 1 rings (SSSR count). The van der Waals surface area contributed by atoms with Gasteiger partial charge in [0.05, 0.1) is 17.8 Å². The van der Waals surface area contributed by atoms with Crippen molar-refractivity contribution in [3.05, 3.63) is 24.5 Å². The zero-order valence-electron chi connectivity index (χ0n) is 7.62. The first kappa shape index (κ1) is 10.8. The Bertz CT molecular complexity index is 322. The standard InChI is InChI=1S/C9H11ClN2O2/c1-2-3-4-8(13)14-9-11-6-7(5-10)12-9/h2,6H,1,3-5H2,(H,11,12). The van der Waals surface area contributed by atoms with E-state index in [0.29, 0.717) is 18.7 Å². The van der Waals surface area contributed by atoms with Crippen LogP contribution in [0.1, 0.15) is 18.5 Å². The third kappa shape index (κ3) is 3.22. The Labute approximate surface area is 86.9 Å². The lowest BCUT2D eigenvalue weighted by Gasteiger charge is -1.97. The molecule has 0 atom stereocenters. The molecule has 0 aliphatic heterocycles. The van der Waals surface area contributed by atoms with Gasteiger partial charge in [0.1, 0.15) is 0 Å². The second kappa shape index (κ2) is 5.44. The van der Waals surface area contributed by atoms with Crippen LogP contribution in [0, 0.1) is 0 Å². The van der Waals surface area contributed by atoms with Crippen molar-refractivity contribution in [3.63, 3.8) is 0 Å². The van der Waals surface area contributed by atoms with Gasteiger partial charge in [0.25, 0.3) is 0 Å². The normalized spacial score (nSPS) is 9.79. The summed E-state index contributed by atoms with van der Waals surface area (Å²) in [7, 11) is 0. The van der Waals surface area contributed by atoms with Gasteiger partial charge in [-0.1, -0.05) is 6.08 Å². The van der Waals surface area contributed by atoms with Crippen molar-refractivity contribution in [1.82, 2.24) is 9.97 Å². The summed E-state index contributed by atoms with van der Waals surface area (Å²) in [6.07, 6.45) is 4.10. The first-order valence-corrected chi connectivity index (χ1v) is 4.71. The second-order valence-electron chi connectivity index (χ2n) is 2.65. The lowest BCUT2D eigenvalue weighted by atomic mass is 10.3. The Morgan fingerprint density at radius 1 is 1.79 bits per heavy atom. The van der Waals surface area contributed by atoms with Crippen molar-refractivity contribution in [2.24, 2.45) is 0 Å². The number of carbonyl (C=O) groups excluding carboxylic acids is 1. The molecule has 0 spiro atoms. The van der Waals surface area contributed by atoms with Crippen molar-refractivity contribution in [3.8, 4) is 6.01 Å². The summed E-state index contributed by atoms with van der Waals surface area (Å²) in [6, 6.07) is 0.190. The summed E-state index contributed by atoms with van der Waals surface area (Å²) >= 11 is 5.54. The van der Waals surface area contributed by atoms with Crippen LogP contribution < -0.4 is 4.74 Å². The average Bonchev–Trinajstić information content (AvgIpc) is 2.62. The van der Waals surface area contributed by atoms with Crippen molar-refractivity contribution in [1.29, 1.82) is 0 Å². The third-order valence-electron chi connectivity index (χ3n) is 1.51. The molecule has 0 fully saturated rings. The van der Waals surface area contributed by atoms with E-state index in [1.165, 1.54) is 6.20 Å². The van der Waals surface area contributed by atoms with E-state index >= 15 is 0 Å². The number of hydrogen-bond donors (Lipinski definition) is 1. The maximum atomic E-state index is 11.1. The number of aromatic amines is 1. The summed E-state index contributed by atoms with van der Waals surface area (Å²) in [5.74, 6) is -0.0163. The van der Waals surface area contributed by atoms with E-state index in [-0.39, 0.29) is 12.0 Å². The Morgan fingerprint density at radius 2 is 2.57 bits per heavy atom. The minimum absolute atomic E-state index is 0.190. The Balaban J connectivity index is 2.43.